The molecule has 0 atom stereocenters. The summed E-state index contributed by atoms with van der Waals surface area (Å²) < 4.78 is 5.25. The Bertz CT molecular complexity index is 1320. The molecule has 0 unspecified atom stereocenters. The Kier molecular flexibility index (Phi) is 9.34. The molecule has 1 fully saturated rings. The van der Waals surface area contributed by atoms with Crippen molar-refractivity contribution >= 4 is 40.3 Å². The normalized spacial score (nSPS) is 13.7. The van der Waals surface area contributed by atoms with Gasteiger partial charge in [0.25, 0.3) is 11.6 Å². The second-order valence-electron chi connectivity index (χ2n) is 9.32. The third kappa shape index (κ3) is 7.70. The average Bonchev–Trinajstić information content (AvgIpc) is 2.95. The summed E-state index contributed by atoms with van der Waals surface area (Å²) in [5.41, 5.74) is 2.69. The molecule has 3 aromatic carbocycles. The highest BCUT2D eigenvalue weighted by Crippen LogP contribution is 2.35. The van der Waals surface area contributed by atoms with Gasteiger partial charge in [0.1, 0.15) is 12.3 Å². The van der Waals surface area contributed by atoms with Crippen molar-refractivity contribution in [1.82, 2.24) is 0 Å². The largest absolute Gasteiger partial charge is 0.464 e. The first kappa shape index (κ1) is 27.4. The van der Waals surface area contributed by atoms with Crippen molar-refractivity contribution < 1.29 is 19.2 Å². The van der Waals surface area contributed by atoms with Gasteiger partial charge in [0, 0.05) is 36.3 Å². The van der Waals surface area contributed by atoms with Crippen LogP contribution in [0.15, 0.2) is 83.0 Å². The molecule has 1 amide bonds. The summed E-state index contributed by atoms with van der Waals surface area (Å²) in [6.07, 6.45) is 5.54. The van der Waals surface area contributed by atoms with Crippen molar-refractivity contribution in [2.75, 3.05) is 23.4 Å². The summed E-state index contributed by atoms with van der Waals surface area (Å²) >= 11 is 0. The van der Waals surface area contributed by atoms with Gasteiger partial charge in [-0.05, 0) is 55.3 Å². The minimum Gasteiger partial charge on any atom is -0.464 e. The molecule has 0 radical (unpaired) electrons. The number of nitro groups is 1. The molecule has 10 nitrogen and oxygen atoms in total. The maximum Gasteiger partial charge on any atom is 0.302 e. The van der Waals surface area contributed by atoms with Gasteiger partial charge in [0.05, 0.1) is 22.8 Å². The molecule has 3 aromatic rings. The van der Waals surface area contributed by atoms with Gasteiger partial charge in [0.15, 0.2) is 0 Å². The zero-order valence-electron chi connectivity index (χ0n) is 21.8. The molecule has 0 spiro atoms. The van der Waals surface area contributed by atoms with Crippen LogP contribution in [0, 0.1) is 10.1 Å². The molecular weight excluding hydrogens is 498 g/mol. The van der Waals surface area contributed by atoms with Crippen LogP contribution in [-0.4, -0.2) is 36.0 Å². The molecule has 202 valence electrons. The van der Waals surface area contributed by atoms with Crippen LogP contribution in [0.5, 0.6) is 0 Å². The van der Waals surface area contributed by atoms with Crippen LogP contribution < -0.4 is 10.2 Å². The van der Waals surface area contributed by atoms with Crippen LogP contribution in [0.2, 0.25) is 0 Å². The van der Waals surface area contributed by atoms with Crippen molar-refractivity contribution in [2.24, 2.45) is 10.2 Å². The SMILES string of the molecule is CC(=O)OCCN(c1ccc(N=Nc2ccc([N+](=O)[O-])cc2)c(NC(=O)c2ccccc2)c1)C1CCCCC1. The van der Waals surface area contributed by atoms with E-state index in [1.807, 2.05) is 18.2 Å². The van der Waals surface area contributed by atoms with Crippen LogP contribution >= 0.6 is 0 Å². The number of esters is 1. The van der Waals surface area contributed by atoms with Crippen molar-refractivity contribution in [3.8, 4) is 0 Å². The number of nitro benzene ring substituents is 1. The van der Waals surface area contributed by atoms with E-state index in [1.54, 1.807) is 30.3 Å². The van der Waals surface area contributed by atoms with E-state index in [4.69, 9.17) is 4.74 Å². The van der Waals surface area contributed by atoms with E-state index in [2.05, 4.69) is 20.4 Å². The molecule has 4 rings (SSSR count). The number of non-ortho nitro benzene ring substituents is 1. The maximum absolute atomic E-state index is 13.1. The smallest absolute Gasteiger partial charge is 0.302 e. The van der Waals surface area contributed by atoms with Gasteiger partial charge in [-0.25, -0.2) is 0 Å². The minimum absolute atomic E-state index is 0.0364. The number of rotatable bonds is 10. The summed E-state index contributed by atoms with van der Waals surface area (Å²) in [6.45, 7) is 2.19. The number of amides is 1. The van der Waals surface area contributed by atoms with Gasteiger partial charge in [-0.2, -0.15) is 5.11 Å². The Morgan fingerprint density at radius 3 is 2.38 bits per heavy atom. The number of carbonyl (C=O) groups is 2. The topological polar surface area (TPSA) is 126 Å². The molecule has 1 saturated carbocycles. The van der Waals surface area contributed by atoms with E-state index in [0.29, 0.717) is 35.2 Å². The highest BCUT2D eigenvalue weighted by atomic mass is 16.6. The Labute approximate surface area is 226 Å². The molecule has 1 aliphatic rings. The lowest BCUT2D eigenvalue weighted by Gasteiger charge is -2.36. The molecule has 10 heteroatoms. The van der Waals surface area contributed by atoms with Crippen LogP contribution in [-0.2, 0) is 9.53 Å². The lowest BCUT2D eigenvalue weighted by molar-refractivity contribution is -0.384. The average molecular weight is 530 g/mol. The van der Waals surface area contributed by atoms with Crippen LogP contribution in [0.1, 0.15) is 49.4 Å². The van der Waals surface area contributed by atoms with Crippen molar-refractivity contribution in [3.63, 3.8) is 0 Å². The first-order valence-electron chi connectivity index (χ1n) is 13.0. The third-order valence-corrected chi connectivity index (χ3v) is 6.58. The fourth-order valence-corrected chi connectivity index (χ4v) is 4.63. The van der Waals surface area contributed by atoms with Gasteiger partial charge >= 0.3 is 5.97 Å². The monoisotopic (exact) mass is 529 g/mol. The highest BCUT2D eigenvalue weighted by molar-refractivity contribution is 6.06. The second kappa shape index (κ2) is 13.3. The number of azo groups is 1. The molecule has 0 aromatic heterocycles. The lowest BCUT2D eigenvalue weighted by atomic mass is 9.93. The summed E-state index contributed by atoms with van der Waals surface area (Å²) in [5, 5.41) is 22.5. The molecule has 1 N–H and O–H groups in total. The molecule has 1 aliphatic carbocycles. The predicted octanol–water partition coefficient (Wildman–Crippen LogP) is 6.96. The molecule has 0 heterocycles. The van der Waals surface area contributed by atoms with E-state index in [-0.39, 0.29) is 24.2 Å². The number of hydrogen-bond acceptors (Lipinski definition) is 8. The van der Waals surface area contributed by atoms with Gasteiger partial charge in [0.2, 0.25) is 0 Å². The molecule has 0 saturated heterocycles. The van der Waals surface area contributed by atoms with E-state index >= 15 is 0 Å². The number of nitrogens with zero attached hydrogens (tertiary/aromatic N) is 4. The van der Waals surface area contributed by atoms with E-state index < -0.39 is 4.92 Å². The first-order chi connectivity index (χ1) is 18.9. The van der Waals surface area contributed by atoms with Crippen molar-refractivity contribution in [3.05, 3.63) is 88.5 Å². The van der Waals surface area contributed by atoms with E-state index in [1.165, 1.54) is 37.6 Å². The number of hydrogen-bond donors (Lipinski definition) is 1. The van der Waals surface area contributed by atoms with Crippen LogP contribution in [0.25, 0.3) is 0 Å². The quantitative estimate of drug-likeness (QED) is 0.131. The number of benzene rings is 3. The Hall–Kier alpha value is -4.60. The van der Waals surface area contributed by atoms with E-state index in [9.17, 15) is 19.7 Å². The third-order valence-electron chi connectivity index (χ3n) is 6.58. The predicted molar refractivity (Wildman–Crippen MR) is 149 cm³/mol. The fraction of sp³-hybridized carbons (Fsp3) is 0.310. The molecular formula is C29H31N5O5. The summed E-state index contributed by atoms with van der Waals surface area (Å²) in [6, 6.07) is 20.5. The molecule has 0 aliphatic heterocycles. The Morgan fingerprint density at radius 1 is 1.00 bits per heavy atom. The second-order valence-corrected chi connectivity index (χ2v) is 9.32. The number of anilines is 2. The molecule has 0 bridgehead atoms. The minimum atomic E-state index is -0.476. The molecule has 39 heavy (non-hydrogen) atoms. The number of ether oxygens (including phenoxy) is 1. The maximum atomic E-state index is 13.1. The number of nitrogens with one attached hydrogen (secondary N) is 1. The Morgan fingerprint density at radius 2 is 1.72 bits per heavy atom. The lowest BCUT2D eigenvalue weighted by Crippen LogP contribution is -2.39. The van der Waals surface area contributed by atoms with Crippen molar-refractivity contribution in [2.45, 2.75) is 45.1 Å². The van der Waals surface area contributed by atoms with Gasteiger partial charge in [-0.15, -0.1) is 5.11 Å². The Balaban J connectivity index is 1.66. The van der Waals surface area contributed by atoms with Crippen molar-refractivity contribution in [1.29, 1.82) is 0 Å². The zero-order valence-corrected chi connectivity index (χ0v) is 21.8. The van der Waals surface area contributed by atoms with Crippen LogP contribution in [0.3, 0.4) is 0 Å². The van der Waals surface area contributed by atoms with Gasteiger partial charge < -0.3 is 15.0 Å². The summed E-state index contributed by atoms with van der Waals surface area (Å²) in [4.78, 5) is 37.1. The van der Waals surface area contributed by atoms with E-state index in [0.717, 1.165) is 31.4 Å². The fourth-order valence-electron chi connectivity index (χ4n) is 4.63. The summed E-state index contributed by atoms with van der Waals surface area (Å²) in [5.74, 6) is -0.611. The van der Waals surface area contributed by atoms with Crippen LogP contribution in [0.4, 0.5) is 28.4 Å². The standard InChI is InChI=1S/C29H31N5O5/c1-21(35)39-19-18-33(24-10-6-3-7-11-24)26-16-17-27(32-31-23-12-14-25(15-13-23)34(37)38)28(20-26)30-29(36)22-8-4-2-5-9-22/h2,4-5,8-9,12-17,20,24H,3,6-7,10-11,18-19H2,1H3,(H,30,36). The van der Waals surface area contributed by atoms with Gasteiger partial charge in [-0.1, -0.05) is 37.5 Å². The highest BCUT2D eigenvalue weighted by Gasteiger charge is 2.23. The van der Waals surface area contributed by atoms with Gasteiger partial charge in [-0.3, -0.25) is 19.7 Å². The number of carbonyl (C=O) groups excluding carboxylic acids is 2. The summed E-state index contributed by atoms with van der Waals surface area (Å²) in [7, 11) is 0. The first-order valence-corrected chi connectivity index (χ1v) is 13.0. The zero-order chi connectivity index (χ0) is 27.6.